The number of carbonyl (C=O) groups excluding carboxylic acids is 1. The predicted molar refractivity (Wildman–Crippen MR) is 67.6 cm³/mol. The standard InChI is InChI=1S/C14H22N2O/c1-10(12-8-15-9-12)14(17)16-7-6-11-4-2-3-5-13(11)16/h11,13,15H,2-9H2,1H3. The van der Waals surface area contributed by atoms with Gasteiger partial charge in [-0.1, -0.05) is 12.8 Å². The Morgan fingerprint density at radius 3 is 2.71 bits per heavy atom. The molecule has 1 N–H and O–H groups in total. The molecule has 94 valence electrons. The molecule has 17 heavy (non-hydrogen) atoms. The van der Waals surface area contributed by atoms with Gasteiger partial charge < -0.3 is 10.2 Å². The molecule has 3 fully saturated rings. The number of likely N-dealkylation sites (tertiary alicyclic amines) is 1. The number of amides is 1. The van der Waals surface area contributed by atoms with Gasteiger partial charge in [-0.3, -0.25) is 4.79 Å². The Morgan fingerprint density at radius 1 is 1.24 bits per heavy atom. The smallest absolute Gasteiger partial charge is 0.249 e. The van der Waals surface area contributed by atoms with Gasteiger partial charge in [0.1, 0.15) is 0 Å². The van der Waals surface area contributed by atoms with Crippen LogP contribution >= 0.6 is 0 Å². The van der Waals surface area contributed by atoms with E-state index in [4.69, 9.17) is 0 Å². The highest BCUT2D eigenvalue weighted by atomic mass is 16.2. The van der Waals surface area contributed by atoms with Gasteiger partial charge in [-0.25, -0.2) is 0 Å². The molecule has 0 radical (unpaired) electrons. The molecule has 1 amide bonds. The molecule has 2 atom stereocenters. The van der Waals surface area contributed by atoms with E-state index in [2.05, 4.69) is 10.2 Å². The van der Waals surface area contributed by atoms with Gasteiger partial charge in [0.25, 0.3) is 0 Å². The maximum atomic E-state index is 12.5. The van der Waals surface area contributed by atoms with Gasteiger partial charge in [0.15, 0.2) is 0 Å². The maximum Gasteiger partial charge on any atom is 0.249 e. The highest BCUT2D eigenvalue weighted by Gasteiger charge is 2.38. The van der Waals surface area contributed by atoms with Crippen molar-refractivity contribution in [2.24, 2.45) is 5.92 Å². The molecule has 0 spiro atoms. The first kappa shape index (κ1) is 11.3. The highest BCUT2D eigenvalue weighted by molar-refractivity contribution is 5.94. The van der Waals surface area contributed by atoms with E-state index in [0.717, 1.165) is 31.1 Å². The van der Waals surface area contributed by atoms with Crippen molar-refractivity contribution in [2.75, 3.05) is 19.6 Å². The highest BCUT2D eigenvalue weighted by Crippen LogP contribution is 2.36. The Kier molecular flexibility index (Phi) is 2.95. The lowest BCUT2D eigenvalue weighted by Gasteiger charge is -2.33. The van der Waals surface area contributed by atoms with Crippen LogP contribution in [0.15, 0.2) is 11.1 Å². The van der Waals surface area contributed by atoms with E-state index < -0.39 is 0 Å². The SMILES string of the molecule is CC(C(=O)N1CCC2CCCCC21)=C1CNC1. The lowest BCUT2D eigenvalue weighted by atomic mass is 9.85. The van der Waals surface area contributed by atoms with Gasteiger partial charge >= 0.3 is 0 Å². The van der Waals surface area contributed by atoms with E-state index in [-0.39, 0.29) is 0 Å². The maximum absolute atomic E-state index is 12.5. The van der Waals surface area contributed by atoms with Gasteiger partial charge in [0.2, 0.25) is 5.91 Å². The Hall–Kier alpha value is -0.830. The molecule has 0 bridgehead atoms. The number of fused-ring (bicyclic) bond motifs is 1. The van der Waals surface area contributed by atoms with Gasteiger partial charge in [0, 0.05) is 31.2 Å². The van der Waals surface area contributed by atoms with Crippen molar-refractivity contribution in [1.29, 1.82) is 0 Å². The third-order valence-electron chi connectivity index (χ3n) is 4.80. The van der Waals surface area contributed by atoms with E-state index >= 15 is 0 Å². The lowest BCUT2D eigenvalue weighted by Crippen LogP contribution is -2.42. The zero-order chi connectivity index (χ0) is 11.8. The molecule has 2 heterocycles. The first-order chi connectivity index (χ1) is 8.27. The van der Waals surface area contributed by atoms with E-state index in [1.165, 1.54) is 37.7 Å². The van der Waals surface area contributed by atoms with Crippen molar-refractivity contribution in [2.45, 2.75) is 45.1 Å². The minimum atomic E-state index is 0.316. The monoisotopic (exact) mass is 234 g/mol. The Morgan fingerprint density at radius 2 is 2.00 bits per heavy atom. The van der Waals surface area contributed by atoms with Crippen LogP contribution in [0.1, 0.15) is 39.0 Å². The Labute approximate surface area is 103 Å². The molecule has 2 aliphatic heterocycles. The number of nitrogens with one attached hydrogen (secondary N) is 1. The number of nitrogens with zero attached hydrogens (tertiary/aromatic N) is 1. The van der Waals surface area contributed by atoms with Gasteiger partial charge in [0.05, 0.1) is 0 Å². The van der Waals surface area contributed by atoms with Crippen LogP contribution in [0.3, 0.4) is 0 Å². The average molecular weight is 234 g/mol. The first-order valence-electron chi connectivity index (χ1n) is 6.97. The largest absolute Gasteiger partial charge is 0.336 e. The number of hydrogen-bond acceptors (Lipinski definition) is 2. The molecule has 1 aliphatic carbocycles. The summed E-state index contributed by atoms with van der Waals surface area (Å²) in [5.74, 6) is 1.11. The predicted octanol–water partition coefficient (Wildman–Crippen LogP) is 1.70. The van der Waals surface area contributed by atoms with Crippen LogP contribution in [-0.2, 0) is 4.79 Å². The average Bonchev–Trinajstić information content (AvgIpc) is 2.69. The third-order valence-corrected chi connectivity index (χ3v) is 4.80. The Balaban J connectivity index is 1.73. The summed E-state index contributed by atoms with van der Waals surface area (Å²) >= 11 is 0. The number of rotatable bonds is 1. The Bertz CT molecular complexity index is 355. The molecule has 0 aromatic carbocycles. The summed E-state index contributed by atoms with van der Waals surface area (Å²) in [6, 6.07) is 0.555. The second kappa shape index (κ2) is 4.45. The van der Waals surface area contributed by atoms with Gasteiger partial charge in [-0.15, -0.1) is 0 Å². The van der Waals surface area contributed by atoms with Crippen molar-refractivity contribution >= 4 is 5.91 Å². The van der Waals surface area contributed by atoms with Crippen molar-refractivity contribution in [3.8, 4) is 0 Å². The number of carbonyl (C=O) groups is 1. The summed E-state index contributed by atoms with van der Waals surface area (Å²) in [5, 5.41) is 3.22. The fourth-order valence-corrected chi connectivity index (χ4v) is 3.54. The van der Waals surface area contributed by atoms with Crippen molar-refractivity contribution < 1.29 is 4.79 Å². The summed E-state index contributed by atoms with van der Waals surface area (Å²) in [6.45, 7) is 4.83. The normalized spacial score (nSPS) is 32.1. The number of hydrogen-bond donors (Lipinski definition) is 1. The molecule has 1 saturated carbocycles. The minimum Gasteiger partial charge on any atom is -0.336 e. The van der Waals surface area contributed by atoms with Crippen LogP contribution in [-0.4, -0.2) is 36.5 Å². The first-order valence-corrected chi connectivity index (χ1v) is 6.97. The van der Waals surface area contributed by atoms with Crippen LogP contribution in [0.4, 0.5) is 0 Å². The van der Waals surface area contributed by atoms with Crippen LogP contribution < -0.4 is 5.32 Å². The summed E-state index contributed by atoms with van der Waals surface area (Å²) < 4.78 is 0. The van der Waals surface area contributed by atoms with E-state index in [9.17, 15) is 4.79 Å². The topological polar surface area (TPSA) is 32.3 Å². The fourth-order valence-electron chi connectivity index (χ4n) is 3.54. The fraction of sp³-hybridized carbons (Fsp3) is 0.786. The van der Waals surface area contributed by atoms with Gasteiger partial charge in [-0.05, 0) is 37.7 Å². The van der Waals surface area contributed by atoms with Gasteiger partial charge in [-0.2, -0.15) is 0 Å². The molecular weight excluding hydrogens is 212 g/mol. The molecule has 0 aromatic rings. The van der Waals surface area contributed by atoms with Crippen LogP contribution in [0.5, 0.6) is 0 Å². The summed E-state index contributed by atoms with van der Waals surface area (Å²) in [6.07, 6.45) is 6.48. The summed E-state index contributed by atoms with van der Waals surface area (Å²) in [5.41, 5.74) is 2.32. The molecule has 2 saturated heterocycles. The summed E-state index contributed by atoms with van der Waals surface area (Å²) in [7, 11) is 0. The van der Waals surface area contributed by atoms with E-state index in [1.807, 2.05) is 6.92 Å². The second-order valence-electron chi connectivity index (χ2n) is 5.73. The van der Waals surface area contributed by atoms with Crippen molar-refractivity contribution in [3.05, 3.63) is 11.1 Å². The molecule has 3 aliphatic rings. The van der Waals surface area contributed by atoms with Crippen LogP contribution in [0, 0.1) is 5.92 Å². The zero-order valence-corrected chi connectivity index (χ0v) is 10.7. The van der Waals surface area contributed by atoms with E-state index in [1.54, 1.807) is 0 Å². The zero-order valence-electron chi connectivity index (χ0n) is 10.7. The van der Waals surface area contributed by atoms with E-state index in [0.29, 0.717) is 11.9 Å². The molecule has 2 unspecified atom stereocenters. The van der Waals surface area contributed by atoms with Crippen molar-refractivity contribution in [1.82, 2.24) is 10.2 Å². The molecule has 3 rings (SSSR count). The lowest BCUT2D eigenvalue weighted by molar-refractivity contribution is -0.128. The molecule has 0 aromatic heterocycles. The molecule has 3 heteroatoms. The third kappa shape index (κ3) is 1.90. The van der Waals surface area contributed by atoms with Crippen LogP contribution in [0.2, 0.25) is 0 Å². The summed E-state index contributed by atoms with van der Waals surface area (Å²) in [4.78, 5) is 14.6. The second-order valence-corrected chi connectivity index (χ2v) is 5.73. The molecule has 3 nitrogen and oxygen atoms in total. The van der Waals surface area contributed by atoms with Crippen molar-refractivity contribution in [3.63, 3.8) is 0 Å². The van der Waals surface area contributed by atoms with Crippen LogP contribution in [0.25, 0.3) is 0 Å². The minimum absolute atomic E-state index is 0.316. The molecular formula is C14H22N2O. The quantitative estimate of drug-likeness (QED) is 0.700.